The number of rotatable bonds is 6. The molecule has 1 aromatic heterocycles. The molecule has 7 rings (SSSR count). The average Bonchev–Trinajstić information content (AvgIpc) is 3.67. The fourth-order valence-electron chi connectivity index (χ4n) is 6.82. The number of carbonyl (C=O) groups excluding carboxylic acids is 1. The van der Waals surface area contributed by atoms with Gasteiger partial charge in [-0.3, -0.25) is 19.4 Å². The molecular weight excluding hydrogens is 482 g/mol. The quantitative estimate of drug-likeness (QED) is 0.314. The summed E-state index contributed by atoms with van der Waals surface area (Å²) in [6.07, 6.45) is 4.43. The molecule has 0 spiro atoms. The van der Waals surface area contributed by atoms with E-state index >= 15 is 0 Å². The molecule has 192 valence electrons. The van der Waals surface area contributed by atoms with Gasteiger partial charge in [-0.2, -0.15) is 5.10 Å². The van der Waals surface area contributed by atoms with Gasteiger partial charge in [-0.25, -0.2) is 8.78 Å². The molecule has 3 aromatic carbocycles. The number of fused-ring (bicyclic) bond motifs is 4. The second-order valence-corrected chi connectivity index (χ2v) is 11.0. The number of Topliss-reactive ketones (excluding diaryl/α,β-unsaturated/α-hetero) is 1. The number of nitrogens with zero attached hydrogens (tertiary/aromatic N) is 4. The van der Waals surface area contributed by atoms with Crippen molar-refractivity contribution in [3.05, 3.63) is 100 Å². The van der Waals surface area contributed by atoms with Crippen LogP contribution in [0.4, 0.5) is 8.78 Å². The van der Waals surface area contributed by atoms with Crippen molar-refractivity contribution in [1.82, 2.24) is 14.7 Å². The topological polar surface area (TPSA) is 50.5 Å². The van der Waals surface area contributed by atoms with Crippen LogP contribution in [0.25, 0.3) is 10.9 Å². The molecule has 3 aliphatic rings. The molecule has 0 N–H and O–H groups in total. The van der Waals surface area contributed by atoms with Gasteiger partial charge in [-0.15, -0.1) is 0 Å². The molecule has 1 saturated carbocycles. The van der Waals surface area contributed by atoms with E-state index in [0.717, 1.165) is 52.7 Å². The van der Waals surface area contributed by atoms with Crippen LogP contribution in [-0.2, 0) is 20.1 Å². The van der Waals surface area contributed by atoms with Crippen LogP contribution < -0.4 is 0 Å². The van der Waals surface area contributed by atoms with Crippen molar-refractivity contribution in [2.75, 3.05) is 6.54 Å². The molecule has 3 atom stereocenters. The SMILES string of the molecule is Cn1cc2cc(C3=NCc4ccc(C(=O)CC5C[C@@H]6C[C@H]5N(Cc5c(F)cccc5F)C6)cc43)ccc2n1. The summed E-state index contributed by atoms with van der Waals surface area (Å²) < 4.78 is 30.4. The van der Waals surface area contributed by atoms with Crippen molar-refractivity contribution in [2.45, 2.75) is 38.4 Å². The summed E-state index contributed by atoms with van der Waals surface area (Å²) in [4.78, 5) is 20.5. The fourth-order valence-corrected chi connectivity index (χ4v) is 6.82. The molecule has 0 radical (unpaired) electrons. The largest absolute Gasteiger partial charge is 0.295 e. The van der Waals surface area contributed by atoms with Gasteiger partial charge in [0.2, 0.25) is 0 Å². The van der Waals surface area contributed by atoms with Crippen molar-refractivity contribution in [3.8, 4) is 0 Å². The van der Waals surface area contributed by atoms with Crippen molar-refractivity contribution >= 4 is 22.4 Å². The number of benzene rings is 3. The number of hydrogen-bond acceptors (Lipinski definition) is 4. The molecule has 38 heavy (non-hydrogen) atoms. The lowest BCUT2D eigenvalue weighted by molar-refractivity contribution is 0.0890. The van der Waals surface area contributed by atoms with E-state index in [0.29, 0.717) is 24.4 Å². The number of hydrogen-bond donors (Lipinski definition) is 0. The number of aromatic nitrogens is 2. The average molecular weight is 511 g/mol. The Bertz CT molecular complexity index is 1600. The number of ketones is 1. The Balaban J connectivity index is 1.09. The molecule has 0 amide bonds. The van der Waals surface area contributed by atoms with Crippen molar-refractivity contribution < 1.29 is 13.6 Å². The third-order valence-electron chi connectivity index (χ3n) is 8.57. The van der Waals surface area contributed by atoms with Gasteiger partial charge in [-0.05, 0) is 60.6 Å². The summed E-state index contributed by atoms with van der Waals surface area (Å²) in [5.74, 6) is -0.201. The molecular formula is C31H28F2N4O. The lowest BCUT2D eigenvalue weighted by Crippen LogP contribution is -2.38. The zero-order valence-electron chi connectivity index (χ0n) is 21.2. The summed E-state index contributed by atoms with van der Waals surface area (Å²) in [5, 5.41) is 5.52. The van der Waals surface area contributed by atoms with Crippen LogP contribution in [0, 0.1) is 23.5 Å². The first-order chi connectivity index (χ1) is 18.4. The summed E-state index contributed by atoms with van der Waals surface area (Å²) in [5.41, 5.74) is 5.85. The minimum atomic E-state index is -0.501. The van der Waals surface area contributed by atoms with E-state index in [-0.39, 0.29) is 29.9 Å². The lowest BCUT2D eigenvalue weighted by Gasteiger charge is -2.33. The number of carbonyl (C=O) groups is 1. The van der Waals surface area contributed by atoms with Crippen LogP contribution in [0.5, 0.6) is 0 Å². The Labute approximate surface area is 219 Å². The van der Waals surface area contributed by atoms with Gasteiger partial charge in [0.1, 0.15) is 11.6 Å². The molecule has 5 nitrogen and oxygen atoms in total. The molecule has 4 aromatic rings. The Kier molecular flexibility index (Phi) is 5.51. The maximum atomic E-state index is 14.3. The van der Waals surface area contributed by atoms with Crippen molar-refractivity contribution in [2.24, 2.45) is 23.9 Å². The molecule has 1 aliphatic carbocycles. The maximum absolute atomic E-state index is 14.3. The molecule has 1 unspecified atom stereocenters. The second kappa shape index (κ2) is 8.95. The van der Waals surface area contributed by atoms with Gasteiger partial charge < -0.3 is 0 Å². The molecule has 2 fully saturated rings. The van der Waals surface area contributed by atoms with Crippen LogP contribution in [0.3, 0.4) is 0 Å². The minimum absolute atomic E-state index is 0.122. The van der Waals surface area contributed by atoms with E-state index in [9.17, 15) is 13.6 Å². The van der Waals surface area contributed by atoms with Gasteiger partial charge in [0.25, 0.3) is 0 Å². The highest BCUT2D eigenvalue weighted by Crippen LogP contribution is 2.44. The van der Waals surface area contributed by atoms with Crippen LogP contribution in [0.2, 0.25) is 0 Å². The van der Waals surface area contributed by atoms with E-state index in [1.807, 2.05) is 43.6 Å². The normalized spacial score (nSPS) is 22.3. The van der Waals surface area contributed by atoms with Gasteiger partial charge in [0.15, 0.2) is 5.78 Å². The third kappa shape index (κ3) is 3.97. The molecule has 2 bridgehead atoms. The highest BCUT2D eigenvalue weighted by Gasteiger charge is 2.45. The Hall–Kier alpha value is -3.71. The number of halogens is 2. The summed E-state index contributed by atoms with van der Waals surface area (Å²) in [7, 11) is 1.91. The van der Waals surface area contributed by atoms with Crippen LogP contribution in [0.15, 0.2) is 65.8 Å². The zero-order valence-corrected chi connectivity index (χ0v) is 21.2. The first-order valence-electron chi connectivity index (χ1n) is 13.2. The Morgan fingerprint density at radius 2 is 1.89 bits per heavy atom. The van der Waals surface area contributed by atoms with Crippen molar-refractivity contribution in [1.29, 1.82) is 0 Å². The van der Waals surface area contributed by atoms with E-state index < -0.39 is 11.6 Å². The smallest absolute Gasteiger partial charge is 0.163 e. The lowest BCUT2D eigenvalue weighted by atomic mass is 9.89. The Morgan fingerprint density at radius 3 is 2.71 bits per heavy atom. The van der Waals surface area contributed by atoms with Gasteiger partial charge in [0, 0.05) is 66.4 Å². The number of aliphatic imine (C=N–C) groups is 1. The van der Waals surface area contributed by atoms with Crippen molar-refractivity contribution in [3.63, 3.8) is 0 Å². The summed E-state index contributed by atoms with van der Waals surface area (Å²) >= 11 is 0. The van der Waals surface area contributed by atoms with Gasteiger partial charge in [-0.1, -0.05) is 24.3 Å². The van der Waals surface area contributed by atoms with E-state index in [1.165, 1.54) is 18.2 Å². The zero-order chi connectivity index (χ0) is 26.0. The van der Waals surface area contributed by atoms with E-state index in [2.05, 4.69) is 16.1 Å². The summed E-state index contributed by atoms with van der Waals surface area (Å²) in [6, 6.07) is 16.3. The monoisotopic (exact) mass is 510 g/mol. The first kappa shape index (κ1) is 23.4. The number of aryl methyl sites for hydroxylation is 1. The van der Waals surface area contributed by atoms with Crippen LogP contribution in [-0.4, -0.2) is 38.8 Å². The maximum Gasteiger partial charge on any atom is 0.163 e. The highest BCUT2D eigenvalue weighted by atomic mass is 19.1. The molecule has 2 aliphatic heterocycles. The van der Waals surface area contributed by atoms with E-state index in [4.69, 9.17) is 4.99 Å². The minimum Gasteiger partial charge on any atom is -0.295 e. The predicted octanol–water partition coefficient (Wildman–Crippen LogP) is 5.69. The molecule has 3 heterocycles. The predicted molar refractivity (Wildman–Crippen MR) is 142 cm³/mol. The fraction of sp³-hybridized carbons (Fsp3) is 0.323. The van der Waals surface area contributed by atoms with Crippen LogP contribution >= 0.6 is 0 Å². The second-order valence-electron chi connectivity index (χ2n) is 11.0. The summed E-state index contributed by atoms with van der Waals surface area (Å²) in [6.45, 7) is 1.70. The van der Waals surface area contributed by atoms with Gasteiger partial charge in [0.05, 0.1) is 17.8 Å². The highest BCUT2D eigenvalue weighted by molar-refractivity contribution is 6.17. The van der Waals surface area contributed by atoms with Crippen LogP contribution in [0.1, 0.15) is 51.9 Å². The molecule has 1 saturated heterocycles. The van der Waals surface area contributed by atoms with Gasteiger partial charge >= 0.3 is 0 Å². The number of likely N-dealkylation sites (tertiary alicyclic amines) is 1. The first-order valence-corrected chi connectivity index (χ1v) is 13.2. The Morgan fingerprint density at radius 1 is 1.05 bits per heavy atom. The standard InChI is InChI=1S/C31H28F2N4O/c1-36-16-23-11-20(7-8-28(23)35-36)31-24-12-19(5-6-21(24)14-34-31)30(38)13-22-9-18-10-29(22)37(15-18)17-25-26(32)3-2-4-27(25)33/h2-8,11-12,16,18,22,29H,9-10,13-15,17H2,1H3/t18-,22?,29-/m1/s1. The van der Waals surface area contributed by atoms with E-state index in [1.54, 1.807) is 4.68 Å². The molecule has 7 heteroatoms. The number of piperidine rings is 1. The third-order valence-corrected chi connectivity index (χ3v) is 8.57.